The molecule has 2 aromatic heterocycles. The summed E-state index contributed by atoms with van der Waals surface area (Å²) < 4.78 is 6.39. The molecule has 4 rings (SSSR count). The Kier molecular flexibility index (Phi) is 4.34. The first-order chi connectivity index (χ1) is 12.7. The van der Waals surface area contributed by atoms with Gasteiger partial charge in [0.25, 0.3) is 0 Å². The van der Waals surface area contributed by atoms with E-state index in [2.05, 4.69) is 45.9 Å². The van der Waals surface area contributed by atoms with Gasteiger partial charge in [-0.3, -0.25) is 0 Å². The average molecular weight is 347 g/mol. The van der Waals surface area contributed by atoms with Crippen LogP contribution >= 0.6 is 0 Å². The van der Waals surface area contributed by atoms with Crippen molar-refractivity contribution >= 4 is 22.5 Å². The van der Waals surface area contributed by atoms with Crippen LogP contribution in [-0.4, -0.2) is 47.0 Å². The molecule has 0 amide bonds. The Morgan fingerprint density at radius 1 is 1.31 bits per heavy atom. The molecule has 1 saturated carbocycles. The highest BCUT2D eigenvalue weighted by Crippen LogP contribution is 2.26. The van der Waals surface area contributed by atoms with Gasteiger partial charge in [-0.25, -0.2) is 9.98 Å². The molecule has 1 aliphatic carbocycles. The van der Waals surface area contributed by atoms with E-state index in [-0.39, 0.29) is 6.10 Å². The van der Waals surface area contributed by atoms with E-state index >= 15 is 0 Å². The van der Waals surface area contributed by atoms with Crippen molar-refractivity contribution < 1.29 is 4.74 Å². The topological polar surface area (TPSA) is 77.3 Å². The van der Waals surface area contributed by atoms with E-state index in [9.17, 15) is 5.26 Å². The second-order valence-corrected chi connectivity index (χ2v) is 7.03. The molecule has 6 nitrogen and oxygen atoms in total. The smallest absolute Gasteiger partial charge is 0.141 e. The van der Waals surface area contributed by atoms with Gasteiger partial charge in [-0.2, -0.15) is 5.26 Å². The number of hydrogen-bond acceptors (Lipinski definition) is 5. The summed E-state index contributed by atoms with van der Waals surface area (Å²) >= 11 is 0. The fraction of sp³-hybridized carbons (Fsp3) is 0.400. The summed E-state index contributed by atoms with van der Waals surface area (Å²) in [5.74, 6) is 3.79. The number of H-pyrrole nitrogens is 1. The van der Waals surface area contributed by atoms with Crippen LogP contribution in [0.5, 0.6) is 0 Å². The Bertz CT molecular complexity index is 1060. The molecule has 0 aromatic carbocycles. The summed E-state index contributed by atoms with van der Waals surface area (Å²) in [5, 5.41) is 11.8. The number of aliphatic imine (C=N–C) groups is 1. The van der Waals surface area contributed by atoms with Gasteiger partial charge in [0.2, 0.25) is 0 Å². The van der Waals surface area contributed by atoms with Crippen LogP contribution in [0.3, 0.4) is 0 Å². The lowest BCUT2D eigenvalue weighted by Gasteiger charge is -2.32. The number of hydrogen-bond donors (Lipinski definition) is 1. The number of nitrogens with one attached hydrogen (secondary N) is 1. The van der Waals surface area contributed by atoms with Gasteiger partial charge in [0.15, 0.2) is 0 Å². The zero-order chi connectivity index (χ0) is 18.1. The van der Waals surface area contributed by atoms with Crippen molar-refractivity contribution in [2.45, 2.75) is 37.8 Å². The van der Waals surface area contributed by atoms with Gasteiger partial charge in [0, 0.05) is 23.5 Å². The summed E-state index contributed by atoms with van der Waals surface area (Å²) in [6, 6.07) is 4.52. The van der Waals surface area contributed by atoms with Gasteiger partial charge < -0.3 is 14.6 Å². The lowest BCUT2D eigenvalue weighted by atomic mass is 9.92. The highest BCUT2D eigenvalue weighted by atomic mass is 16.5. The molecule has 0 bridgehead atoms. The summed E-state index contributed by atoms with van der Waals surface area (Å²) in [6.07, 6.45) is 9.80. The predicted octanol–water partition coefficient (Wildman–Crippen LogP) is 1.30. The Balaban J connectivity index is 1.75. The Morgan fingerprint density at radius 3 is 2.85 bits per heavy atom. The quantitative estimate of drug-likeness (QED) is 0.908. The zero-order valence-corrected chi connectivity index (χ0v) is 15.0. The molecular formula is C20H21N5O. The number of aromatic amines is 1. The van der Waals surface area contributed by atoms with Gasteiger partial charge >= 0.3 is 0 Å². The molecule has 1 N–H and O–H groups in total. The number of rotatable bonds is 3. The molecule has 0 radical (unpaired) electrons. The molecule has 1 aliphatic heterocycles. The molecule has 2 aromatic rings. The van der Waals surface area contributed by atoms with E-state index in [0.717, 1.165) is 52.9 Å². The summed E-state index contributed by atoms with van der Waals surface area (Å²) in [7, 11) is 4.28. The summed E-state index contributed by atoms with van der Waals surface area (Å²) in [6.45, 7) is 0. The monoisotopic (exact) mass is 347 g/mol. The Morgan fingerprint density at radius 2 is 2.12 bits per heavy atom. The first kappa shape index (κ1) is 16.6. The lowest BCUT2D eigenvalue weighted by molar-refractivity contribution is 0.0899. The third-order valence-electron chi connectivity index (χ3n) is 5.19. The van der Waals surface area contributed by atoms with Crippen molar-refractivity contribution in [1.82, 2.24) is 14.9 Å². The van der Waals surface area contributed by atoms with E-state index < -0.39 is 0 Å². The number of fused-ring (bicyclic) bond motifs is 3. The average Bonchev–Trinajstić information content (AvgIpc) is 2.90. The lowest BCUT2D eigenvalue weighted by Crippen LogP contribution is -2.35. The van der Waals surface area contributed by atoms with Crippen molar-refractivity contribution in [2.24, 2.45) is 4.99 Å². The SMILES string of the molecule is CN(C)C1CCC(OC2=c3c([nH]c4cnc(C#N)cc34)=C=NC=C2)CC1. The van der Waals surface area contributed by atoms with Crippen LogP contribution in [-0.2, 0) is 4.74 Å². The van der Waals surface area contributed by atoms with Crippen LogP contribution < -0.4 is 10.6 Å². The molecule has 132 valence electrons. The van der Waals surface area contributed by atoms with Crippen LogP contribution in [0.2, 0.25) is 0 Å². The fourth-order valence-corrected chi connectivity index (χ4v) is 3.74. The van der Waals surface area contributed by atoms with Gasteiger partial charge in [-0.05, 0) is 51.9 Å². The van der Waals surface area contributed by atoms with E-state index in [1.807, 2.05) is 6.08 Å². The van der Waals surface area contributed by atoms with Gasteiger partial charge in [-0.1, -0.05) is 0 Å². The summed E-state index contributed by atoms with van der Waals surface area (Å²) in [5.41, 5.74) is 1.24. The third kappa shape index (κ3) is 3.03. The number of ether oxygens (including phenoxy) is 1. The zero-order valence-electron chi connectivity index (χ0n) is 15.0. The normalized spacial score (nSPS) is 22.0. The molecule has 0 saturated heterocycles. The maximum Gasteiger partial charge on any atom is 0.141 e. The van der Waals surface area contributed by atoms with Gasteiger partial charge in [-0.15, -0.1) is 0 Å². The van der Waals surface area contributed by atoms with E-state index in [1.54, 1.807) is 18.5 Å². The minimum absolute atomic E-state index is 0.194. The second kappa shape index (κ2) is 6.80. The van der Waals surface area contributed by atoms with E-state index in [4.69, 9.17) is 4.74 Å². The highest BCUT2D eigenvalue weighted by Gasteiger charge is 2.24. The van der Waals surface area contributed by atoms with Crippen molar-refractivity contribution in [3.8, 4) is 6.07 Å². The molecule has 1 fully saturated rings. The van der Waals surface area contributed by atoms with E-state index in [0.29, 0.717) is 11.7 Å². The standard InChI is InChI=1S/C20H21N5O/c1-25(2)14-3-5-15(6-4-14)26-19-7-8-22-11-18-20(19)16-9-13(10-21)23-12-17(16)24-18/h7-9,12,14-15,24H,3-6H2,1-2H3. The minimum Gasteiger partial charge on any atom is -0.490 e. The molecule has 2 aliphatic rings. The third-order valence-corrected chi connectivity index (χ3v) is 5.19. The van der Waals surface area contributed by atoms with Crippen LogP contribution in [0.1, 0.15) is 31.4 Å². The molecular weight excluding hydrogens is 326 g/mol. The first-order valence-corrected chi connectivity index (χ1v) is 8.90. The maximum absolute atomic E-state index is 9.18. The first-order valence-electron chi connectivity index (χ1n) is 8.90. The highest BCUT2D eigenvalue weighted by molar-refractivity contribution is 5.84. The minimum atomic E-state index is 0.194. The molecule has 0 atom stereocenters. The van der Waals surface area contributed by atoms with Crippen LogP contribution in [0.15, 0.2) is 29.5 Å². The number of nitrogens with zero attached hydrogens (tertiary/aromatic N) is 4. The van der Waals surface area contributed by atoms with E-state index in [1.165, 1.54) is 0 Å². The predicted molar refractivity (Wildman–Crippen MR) is 100.0 cm³/mol. The van der Waals surface area contributed by atoms with Crippen LogP contribution in [0, 0.1) is 11.3 Å². The molecule has 6 heteroatoms. The Labute approximate surface area is 151 Å². The van der Waals surface area contributed by atoms with Gasteiger partial charge in [0.05, 0.1) is 23.0 Å². The Hall–Kier alpha value is -2.87. The number of nitriles is 1. The second-order valence-electron chi connectivity index (χ2n) is 7.03. The van der Waals surface area contributed by atoms with Gasteiger partial charge in [0.1, 0.15) is 22.9 Å². The van der Waals surface area contributed by atoms with Crippen molar-refractivity contribution in [3.63, 3.8) is 0 Å². The van der Waals surface area contributed by atoms with Crippen LogP contribution in [0.4, 0.5) is 0 Å². The molecule has 0 unspecified atom stereocenters. The fourth-order valence-electron chi connectivity index (χ4n) is 3.74. The number of aromatic nitrogens is 2. The van der Waals surface area contributed by atoms with Crippen LogP contribution in [0.25, 0.3) is 16.7 Å². The van der Waals surface area contributed by atoms with Crippen molar-refractivity contribution in [2.75, 3.05) is 14.1 Å². The van der Waals surface area contributed by atoms with Crippen molar-refractivity contribution in [3.05, 3.63) is 40.8 Å². The molecule has 3 heterocycles. The summed E-state index contributed by atoms with van der Waals surface area (Å²) in [4.78, 5) is 13.9. The largest absolute Gasteiger partial charge is 0.490 e. The maximum atomic E-state index is 9.18. The molecule has 26 heavy (non-hydrogen) atoms. The molecule has 0 spiro atoms. The number of pyridine rings is 1. The van der Waals surface area contributed by atoms with Crippen molar-refractivity contribution in [1.29, 1.82) is 5.26 Å².